The van der Waals surface area contributed by atoms with Crippen molar-refractivity contribution in [1.82, 2.24) is 24.7 Å². The molecular formula is C21H28N6O3. The van der Waals surface area contributed by atoms with Gasteiger partial charge in [0.1, 0.15) is 6.04 Å². The summed E-state index contributed by atoms with van der Waals surface area (Å²) < 4.78 is 3.13. The van der Waals surface area contributed by atoms with Crippen molar-refractivity contribution in [3.8, 4) is 0 Å². The molecule has 1 atom stereocenters. The molecule has 9 nitrogen and oxygen atoms in total. The molecule has 3 aliphatic rings. The fourth-order valence-corrected chi connectivity index (χ4v) is 4.81. The molecule has 0 saturated carbocycles. The quantitative estimate of drug-likeness (QED) is 0.668. The molecule has 0 radical (unpaired) electrons. The van der Waals surface area contributed by atoms with Gasteiger partial charge in [-0.15, -0.1) is 0 Å². The van der Waals surface area contributed by atoms with E-state index in [0.717, 1.165) is 61.9 Å². The third-order valence-corrected chi connectivity index (χ3v) is 6.71. The largest absolute Gasteiger partial charge is 0.369 e. The summed E-state index contributed by atoms with van der Waals surface area (Å²) in [5.74, 6) is 0.108. The molecule has 0 aliphatic carbocycles. The van der Waals surface area contributed by atoms with Gasteiger partial charge in [0.2, 0.25) is 11.8 Å². The van der Waals surface area contributed by atoms with Gasteiger partial charge in [0.15, 0.2) is 0 Å². The van der Waals surface area contributed by atoms with Crippen LogP contribution < -0.4 is 21.2 Å². The Balaban J connectivity index is 1.37. The molecule has 3 aliphatic heterocycles. The van der Waals surface area contributed by atoms with E-state index >= 15 is 0 Å². The van der Waals surface area contributed by atoms with Gasteiger partial charge in [0.05, 0.1) is 11.0 Å². The first-order valence-corrected chi connectivity index (χ1v) is 10.7. The predicted molar refractivity (Wildman–Crippen MR) is 114 cm³/mol. The van der Waals surface area contributed by atoms with Crippen LogP contribution in [0.4, 0.5) is 5.69 Å². The summed E-state index contributed by atoms with van der Waals surface area (Å²) in [5, 5.41) is 5.69. The second kappa shape index (κ2) is 7.55. The maximum absolute atomic E-state index is 12.9. The number of imide groups is 1. The standard InChI is InChI=1S/C21H28N6O3/c1-24-18-10-15(26-8-6-25(7-9-26)13-14-11-22-12-14)2-3-16(18)27(21(24)30)17-4-5-19(28)23-20(17)29/h2-3,10,14,17,22H,4-9,11-13H2,1H3,(H,23,28,29). The SMILES string of the molecule is Cn1c(=O)n(C2CCC(=O)NC2=O)c2ccc(N3CCN(CC4CNC4)CC3)cc21. The fraction of sp³-hybridized carbons (Fsp3) is 0.571. The number of piperazine rings is 1. The van der Waals surface area contributed by atoms with Crippen molar-refractivity contribution in [3.05, 3.63) is 28.7 Å². The second-order valence-corrected chi connectivity index (χ2v) is 8.66. The number of benzene rings is 1. The summed E-state index contributed by atoms with van der Waals surface area (Å²) in [7, 11) is 1.74. The molecule has 3 saturated heterocycles. The molecule has 4 heterocycles. The summed E-state index contributed by atoms with van der Waals surface area (Å²) in [6.45, 7) is 7.46. The lowest BCUT2D eigenvalue weighted by atomic mass is 10.0. The van der Waals surface area contributed by atoms with Gasteiger partial charge in [-0.3, -0.25) is 28.9 Å². The van der Waals surface area contributed by atoms with Gasteiger partial charge in [0.25, 0.3) is 0 Å². The number of piperidine rings is 1. The van der Waals surface area contributed by atoms with E-state index in [1.54, 1.807) is 11.6 Å². The van der Waals surface area contributed by atoms with Crippen molar-refractivity contribution in [3.63, 3.8) is 0 Å². The molecule has 0 spiro atoms. The topological polar surface area (TPSA) is 91.6 Å². The number of aromatic nitrogens is 2. The highest BCUT2D eigenvalue weighted by atomic mass is 16.2. The number of hydrogen-bond donors (Lipinski definition) is 2. The second-order valence-electron chi connectivity index (χ2n) is 8.66. The zero-order valence-electron chi connectivity index (χ0n) is 17.3. The van der Waals surface area contributed by atoms with Gasteiger partial charge in [-0.25, -0.2) is 4.79 Å². The fourth-order valence-electron chi connectivity index (χ4n) is 4.81. The molecule has 9 heteroatoms. The van der Waals surface area contributed by atoms with Crippen molar-refractivity contribution in [2.45, 2.75) is 18.9 Å². The maximum Gasteiger partial charge on any atom is 0.329 e. The Bertz CT molecular complexity index is 1040. The third kappa shape index (κ3) is 3.31. The van der Waals surface area contributed by atoms with E-state index in [2.05, 4.69) is 20.4 Å². The zero-order chi connectivity index (χ0) is 20.8. The van der Waals surface area contributed by atoms with Crippen LogP contribution >= 0.6 is 0 Å². The number of rotatable bonds is 4. The van der Waals surface area contributed by atoms with E-state index in [4.69, 9.17) is 0 Å². The van der Waals surface area contributed by atoms with Gasteiger partial charge >= 0.3 is 5.69 Å². The highest BCUT2D eigenvalue weighted by molar-refractivity contribution is 6.00. The molecule has 30 heavy (non-hydrogen) atoms. The molecule has 2 amide bonds. The molecule has 3 fully saturated rings. The van der Waals surface area contributed by atoms with E-state index in [1.165, 1.54) is 11.1 Å². The van der Waals surface area contributed by atoms with Crippen molar-refractivity contribution in [2.75, 3.05) is 50.7 Å². The number of carbonyl (C=O) groups excluding carboxylic acids is 2. The van der Waals surface area contributed by atoms with E-state index in [0.29, 0.717) is 6.42 Å². The number of amides is 2. The number of hydrogen-bond acceptors (Lipinski definition) is 6. The molecule has 160 valence electrons. The average Bonchev–Trinajstić information content (AvgIpc) is 2.96. The lowest BCUT2D eigenvalue weighted by molar-refractivity contribution is -0.135. The Morgan fingerprint density at radius 1 is 1.03 bits per heavy atom. The minimum Gasteiger partial charge on any atom is -0.369 e. The molecule has 0 bridgehead atoms. The minimum atomic E-state index is -0.644. The van der Waals surface area contributed by atoms with Crippen LogP contribution in [0.1, 0.15) is 18.9 Å². The summed E-state index contributed by atoms with van der Waals surface area (Å²) in [4.78, 5) is 41.6. The summed E-state index contributed by atoms with van der Waals surface area (Å²) >= 11 is 0. The van der Waals surface area contributed by atoms with E-state index in [1.807, 2.05) is 18.2 Å². The van der Waals surface area contributed by atoms with Gasteiger partial charge < -0.3 is 10.2 Å². The van der Waals surface area contributed by atoms with Gasteiger partial charge in [-0.1, -0.05) is 0 Å². The van der Waals surface area contributed by atoms with Gasteiger partial charge in [-0.05, 0) is 30.5 Å². The van der Waals surface area contributed by atoms with Crippen LogP contribution in [0.15, 0.2) is 23.0 Å². The molecule has 1 unspecified atom stereocenters. The van der Waals surface area contributed by atoms with E-state index in [-0.39, 0.29) is 18.0 Å². The first-order chi connectivity index (χ1) is 14.5. The molecule has 1 aromatic carbocycles. The van der Waals surface area contributed by atoms with E-state index < -0.39 is 11.9 Å². The molecule has 1 aromatic heterocycles. The van der Waals surface area contributed by atoms with Crippen molar-refractivity contribution < 1.29 is 9.59 Å². The monoisotopic (exact) mass is 412 g/mol. The lowest BCUT2D eigenvalue weighted by Gasteiger charge is -2.39. The number of fused-ring (bicyclic) bond motifs is 1. The maximum atomic E-state index is 12.9. The van der Waals surface area contributed by atoms with Crippen molar-refractivity contribution in [2.24, 2.45) is 13.0 Å². The Labute approximate surface area is 174 Å². The van der Waals surface area contributed by atoms with Crippen LogP contribution in [0.3, 0.4) is 0 Å². The molecular weight excluding hydrogens is 384 g/mol. The average molecular weight is 412 g/mol. The number of nitrogens with one attached hydrogen (secondary N) is 2. The Hall–Kier alpha value is -2.65. The predicted octanol–water partition coefficient (Wildman–Crippen LogP) is -0.341. The van der Waals surface area contributed by atoms with Crippen LogP contribution in [0.25, 0.3) is 11.0 Å². The smallest absolute Gasteiger partial charge is 0.329 e. The summed E-state index contributed by atoms with van der Waals surface area (Å²) in [6, 6.07) is 5.37. The van der Waals surface area contributed by atoms with Crippen molar-refractivity contribution >= 4 is 28.5 Å². The van der Waals surface area contributed by atoms with Crippen LogP contribution in [-0.4, -0.2) is 71.7 Å². The Morgan fingerprint density at radius 3 is 2.47 bits per heavy atom. The third-order valence-electron chi connectivity index (χ3n) is 6.71. The highest BCUT2D eigenvalue weighted by Crippen LogP contribution is 2.27. The number of aryl methyl sites for hydroxylation is 1. The molecule has 2 aromatic rings. The van der Waals surface area contributed by atoms with Gasteiger partial charge in [-0.2, -0.15) is 0 Å². The van der Waals surface area contributed by atoms with Crippen LogP contribution in [0.2, 0.25) is 0 Å². The van der Waals surface area contributed by atoms with Crippen LogP contribution in [0.5, 0.6) is 0 Å². The first kappa shape index (κ1) is 19.3. The zero-order valence-corrected chi connectivity index (χ0v) is 17.3. The van der Waals surface area contributed by atoms with E-state index in [9.17, 15) is 14.4 Å². The summed E-state index contributed by atoms with van der Waals surface area (Å²) in [5.41, 5.74) is 2.42. The number of imidazole rings is 1. The highest BCUT2D eigenvalue weighted by Gasteiger charge is 2.31. The van der Waals surface area contributed by atoms with Crippen LogP contribution in [-0.2, 0) is 16.6 Å². The summed E-state index contributed by atoms with van der Waals surface area (Å²) in [6.07, 6.45) is 0.600. The first-order valence-electron chi connectivity index (χ1n) is 10.7. The molecule has 2 N–H and O–H groups in total. The minimum absolute atomic E-state index is 0.226. The molecule has 5 rings (SSSR count). The normalized spacial score (nSPS) is 23.6. The number of nitrogens with zero attached hydrogens (tertiary/aromatic N) is 4. The van der Waals surface area contributed by atoms with Gasteiger partial charge in [0, 0.05) is 65.0 Å². The number of anilines is 1. The lowest BCUT2D eigenvalue weighted by Crippen LogP contribution is -2.53. The van der Waals surface area contributed by atoms with Crippen LogP contribution in [0, 0.1) is 5.92 Å². The number of carbonyl (C=O) groups is 2. The Kier molecular flexibility index (Phi) is 4.86. The van der Waals surface area contributed by atoms with Crippen molar-refractivity contribution in [1.29, 1.82) is 0 Å². The Morgan fingerprint density at radius 2 is 1.80 bits per heavy atom.